The van der Waals surface area contributed by atoms with Crippen molar-refractivity contribution < 1.29 is 29.3 Å². The van der Waals surface area contributed by atoms with E-state index in [9.17, 15) is 19.8 Å². The van der Waals surface area contributed by atoms with Crippen LogP contribution in [0, 0.1) is 27.7 Å². The number of benzene rings is 2. The number of aryl methyl sites for hydroxylation is 4. The van der Waals surface area contributed by atoms with E-state index < -0.39 is 11.9 Å². The van der Waals surface area contributed by atoms with Crippen molar-refractivity contribution in [2.45, 2.75) is 27.7 Å². The Bertz CT molecular complexity index is 1070. The van der Waals surface area contributed by atoms with Crippen molar-refractivity contribution in [3.63, 3.8) is 0 Å². The number of aromatic hydroxyl groups is 2. The summed E-state index contributed by atoms with van der Waals surface area (Å²) >= 11 is 0. The summed E-state index contributed by atoms with van der Waals surface area (Å²) in [7, 11) is 0. The van der Waals surface area contributed by atoms with Crippen LogP contribution in [-0.4, -0.2) is 27.1 Å². The van der Waals surface area contributed by atoms with E-state index in [1.807, 2.05) is 13.8 Å². The van der Waals surface area contributed by atoms with E-state index in [-0.39, 0.29) is 34.1 Å². The summed E-state index contributed by atoms with van der Waals surface area (Å²) in [5.74, 6) is -1.81. The number of phenolic OH excluding ortho intramolecular Hbond substituents is 2. The first-order valence-electron chi connectivity index (χ1n) is 9.15. The summed E-state index contributed by atoms with van der Waals surface area (Å²) in [6.45, 7) is 7.01. The molecular weight excluding hydrogens is 386 g/mol. The van der Waals surface area contributed by atoms with Crippen LogP contribution in [0.3, 0.4) is 0 Å². The normalized spacial score (nSPS) is 10.5. The Hall–Kier alpha value is -3.87. The highest BCUT2D eigenvalue weighted by Crippen LogP contribution is 2.32. The molecule has 7 heteroatoms. The number of carbonyl (C=O) groups is 2. The molecular formula is C23H21NO6. The minimum Gasteiger partial charge on any atom is -0.504 e. The van der Waals surface area contributed by atoms with Gasteiger partial charge < -0.3 is 19.7 Å². The van der Waals surface area contributed by atoms with Gasteiger partial charge in [0.25, 0.3) is 0 Å². The van der Waals surface area contributed by atoms with Crippen LogP contribution in [0.1, 0.15) is 43.0 Å². The van der Waals surface area contributed by atoms with Crippen molar-refractivity contribution >= 4 is 11.9 Å². The highest BCUT2D eigenvalue weighted by Gasteiger charge is 2.18. The number of aromatic nitrogens is 1. The molecule has 0 bridgehead atoms. The van der Waals surface area contributed by atoms with E-state index >= 15 is 0 Å². The Morgan fingerprint density at radius 1 is 0.700 bits per heavy atom. The molecule has 0 atom stereocenters. The molecule has 0 saturated carbocycles. The average molecular weight is 407 g/mol. The van der Waals surface area contributed by atoms with Crippen molar-refractivity contribution in [3.05, 3.63) is 76.1 Å². The highest BCUT2D eigenvalue weighted by atomic mass is 16.5. The second-order valence-electron chi connectivity index (χ2n) is 7.10. The van der Waals surface area contributed by atoms with Crippen LogP contribution in [0.5, 0.6) is 23.0 Å². The Kier molecular flexibility index (Phi) is 5.73. The fourth-order valence-corrected chi connectivity index (χ4v) is 2.98. The third-order valence-corrected chi connectivity index (χ3v) is 4.43. The van der Waals surface area contributed by atoms with Crippen LogP contribution in [0.15, 0.2) is 42.7 Å². The zero-order valence-electron chi connectivity index (χ0n) is 17.0. The summed E-state index contributed by atoms with van der Waals surface area (Å²) in [5, 5.41) is 20.2. The van der Waals surface area contributed by atoms with Crippen LogP contribution in [0.4, 0.5) is 0 Å². The highest BCUT2D eigenvalue weighted by molar-refractivity contribution is 5.96. The predicted molar refractivity (Wildman–Crippen MR) is 109 cm³/mol. The fourth-order valence-electron chi connectivity index (χ4n) is 2.98. The summed E-state index contributed by atoms with van der Waals surface area (Å²) in [5.41, 5.74) is 2.79. The van der Waals surface area contributed by atoms with Crippen LogP contribution >= 0.6 is 0 Å². The molecule has 1 heterocycles. The van der Waals surface area contributed by atoms with Crippen molar-refractivity contribution in [1.82, 2.24) is 4.98 Å². The van der Waals surface area contributed by atoms with E-state index in [4.69, 9.17) is 9.47 Å². The molecule has 154 valence electrons. The van der Waals surface area contributed by atoms with E-state index in [1.54, 1.807) is 26.0 Å². The molecule has 1 aromatic heterocycles. The number of esters is 2. The van der Waals surface area contributed by atoms with Gasteiger partial charge in [0.15, 0.2) is 23.0 Å². The molecule has 0 aliphatic heterocycles. The second kappa shape index (κ2) is 8.24. The molecule has 2 aromatic carbocycles. The number of carbonyl (C=O) groups excluding carboxylic acids is 2. The first-order valence-corrected chi connectivity index (χ1v) is 9.15. The Morgan fingerprint density at radius 3 is 1.50 bits per heavy atom. The summed E-state index contributed by atoms with van der Waals surface area (Å²) in [6.07, 6.45) is 2.49. The molecule has 0 amide bonds. The minimum atomic E-state index is -0.785. The molecule has 3 aromatic rings. The van der Waals surface area contributed by atoms with E-state index in [0.717, 1.165) is 11.1 Å². The lowest BCUT2D eigenvalue weighted by molar-refractivity contribution is 0.0728. The smallest absolute Gasteiger partial charge is 0.345 e. The van der Waals surface area contributed by atoms with Gasteiger partial charge in [-0.2, -0.15) is 0 Å². The standard InChI is InChI=1S/C23H21NO6/c1-12-5-14(3)20(25)18(7-12)29-22(27)16-9-17(11-24-10-16)23(28)30-19-8-13(2)6-15(4)21(19)26/h5-11,25-26H,1-4H3. The number of rotatable bonds is 4. The van der Waals surface area contributed by atoms with Crippen molar-refractivity contribution in [3.8, 4) is 23.0 Å². The quantitative estimate of drug-likeness (QED) is 0.494. The molecule has 0 fully saturated rings. The maximum atomic E-state index is 12.5. The third-order valence-electron chi connectivity index (χ3n) is 4.43. The number of hydrogen-bond acceptors (Lipinski definition) is 7. The maximum absolute atomic E-state index is 12.5. The lowest BCUT2D eigenvalue weighted by Gasteiger charge is -2.11. The first-order chi connectivity index (χ1) is 14.2. The van der Waals surface area contributed by atoms with Crippen molar-refractivity contribution in [2.24, 2.45) is 0 Å². The van der Waals surface area contributed by atoms with Gasteiger partial charge in [-0.05, 0) is 68.1 Å². The first kappa shape index (κ1) is 20.9. The van der Waals surface area contributed by atoms with Gasteiger partial charge in [0.05, 0.1) is 11.1 Å². The van der Waals surface area contributed by atoms with Gasteiger partial charge in [0.1, 0.15) is 0 Å². The van der Waals surface area contributed by atoms with Gasteiger partial charge in [-0.15, -0.1) is 0 Å². The molecule has 3 rings (SSSR count). The fraction of sp³-hybridized carbons (Fsp3) is 0.174. The number of phenols is 2. The second-order valence-corrected chi connectivity index (χ2v) is 7.10. The molecule has 0 radical (unpaired) electrons. The van der Waals surface area contributed by atoms with Gasteiger partial charge in [0.2, 0.25) is 0 Å². The largest absolute Gasteiger partial charge is 0.504 e. The number of nitrogens with zero attached hydrogens (tertiary/aromatic N) is 1. The lowest BCUT2D eigenvalue weighted by Crippen LogP contribution is -2.13. The van der Waals surface area contributed by atoms with E-state index in [1.165, 1.54) is 30.6 Å². The van der Waals surface area contributed by atoms with Gasteiger partial charge in [-0.1, -0.05) is 12.1 Å². The van der Waals surface area contributed by atoms with E-state index in [2.05, 4.69) is 4.98 Å². The molecule has 0 aliphatic carbocycles. The number of hydrogen-bond donors (Lipinski definition) is 2. The summed E-state index contributed by atoms with van der Waals surface area (Å²) < 4.78 is 10.6. The molecule has 0 aliphatic rings. The van der Waals surface area contributed by atoms with Crippen molar-refractivity contribution in [2.75, 3.05) is 0 Å². The van der Waals surface area contributed by atoms with Gasteiger partial charge in [-0.3, -0.25) is 4.98 Å². The lowest BCUT2D eigenvalue weighted by atomic mass is 10.1. The molecule has 7 nitrogen and oxygen atoms in total. The Labute approximate surface area is 173 Å². The topological polar surface area (TPSA) is 106 Å². The average Bonchev–Trinajstić information content (AvgIpc) is 2.69. The third kappa shape index (κ3) is 4.41. The molecule has 2 N–H and O–H groups in total. The maximum Gasteiger partial charge on any atom is 0.345 e. The van der Waals surface area contributed by atoms with E-state index in [0.29, 0.717) is 11.1 Å². The van der Waals surface area contributed by atoms with Crippen LogP contribution in [0.25, 0.3) is 0 Å². The van der Waals surface area contributed by atoms with Crippen molar-refractivity contribution in [1.29, 1.82) is 0 Å². The Balaban J connectivity index is 1.82. The molecule has 0 unspecified atom stereocenters. The van der Waals surface area contributed by atoms with Gasteiger partial charge in [-0.25, -0.2) is 9.59 Å². The van der Waals surface area contributed by atoms with Crippen LogP contribution < -0.4 is 9.47 Å². The zero-order chi connectivity index (χ0) is 22.0. The number of ether oxygens (including phenoxy) is 2. The minimum absolute atomic E-state index is 0.00709. The SMILES string of the molecule is Cc1cc(C)c(O)c(OC(=O)c2cncc(C(=O)Oc3cc(C)cc(C)c3O)c2)c1. The Morgan fingerprint density at radius 2 is 1.10 bits per heavy atom. The summed E-state index contributed by atoms with van der Waals surface area (Å²) in [6, 6.07) is 7.86. The predicted octanol–water partition coefficient (Wildman–Crippen LogP) is 4.16. The molecule has 30 heavy (non-hydrogen) atoms. The molecule has 0 saturated heterocycles. The van der Waals surface area contributed by atoms with Crippen LogP contribution in [0.2, 0.25) is 0 Å². The summed E-state index contributed by atoms with van der Waals surface area (Å²) in [4.78, 5) is 28.9. The monoisotopic (exact) mass is 407 g/mol. The zero-order valence-corrected chi connectivity index (χ0v) is 17.0. The van der Waals surface area contributed by atoms with Gasteiger partial charge in [0, 0.05) is 12.4 Å². The van der Waals surface area contributed by atoms with Gasteiger partial charge >= 0.3 is 11.9 Å². The number of pyridine rings is 1. The van der Waals surface area contributed by atoms with Crippen LogP contribution in [-0.2, 0) is 0 Å². The molecule has 0 spiro atoms.